The molecular formula is C35H36ClN5O5. The second-order valence-electron chi connectivity index (χ2n) is 13.0. The van der Waals surface area contributed by atoms with Crippen molar-refractivity contribution in [1.29, 1.82) is 0 Å². The molecule has 0 saturated carbocycles. The van der Waals surface area contributed by atoms with E-state index in [2.05, 4.69) is 21.8 Å². The van der Waals surface area contributed by atoms with Crippen LogP contribution >= 0.6 is 11.6 Å². The molecule has 0 bridgehead atoms. The van der Waals surface area contributed by atoms with Crippen LogP contribution in [0.2, 0.25) is 5.02 Å². The number of nitrogens with zero attached hydrogens (tertiary/aromatic N) is 5. The van der Waals surface area contributed by atoms with Crippen molar-refractivity contribution < 1.29 is 23.9 Å². The van der Waals surface area contributed by atoms with Crippen molar-refractivity contribution in [1.82, 2.24) is 19.4 Å². The Morgan fingerprint density at radius 1 is 0.913 bits per heavy atom. The van der Waals surface area contributed by atoms with Crippen molar-refractivity contribution in [2.45, 2.75) is 59.7 Å². The molecule has 0 spiro atoms. The summed E-state index contributed by atoms with van der Waals surface area (Å²) in [5.74, 6) is 6.01. The van der Waals surface area contributed by atoms with Gasteiger partial charge in [0.25, 0.3) is 0 Å². The van der Waals surface area contributed by atoms with Crippen LogP contribution in [0.1, 0.15) is 58.4 Å². The number of halogens is 1. The van der Waals surface area contributed by atoms with Gasteiger partial charge in [0.2, 0.25) is 5.91 Å². The molecule has 0 atom stereocenters. The number of ether oxygens (including phenoxy) is 2. The molecule has 0 aliphatic carbocycles. The van der Waals surface area contributed by atoms with Crippen LogP contribution in [0.3, 0.4) is 0 Å². The zero-order valence-electron chi connectivity index (χ0n) is 27.0. The minimum atomic E-state index is -0.729. The van der Waals surface area contributed by atoms with E-state index in [1.165, 1.54) is 9.47 Å². The Bertz CT molecular complexity index is 1890. The van der Waals surface area contributed by atoms with Gasteiger partial charge in [0.05, 0.1) is 16.0 Å². The van der Waals surface area contributed by atoms with E-state index in [1.54, 1.807) is 65.0 Å². The number of aromatic nitrogens is 3. The van der Waals surface area contributed by atoms with Crippen LogP contribution in [0.5, 0.6) is 0 Å². The Hall–Kier alpha value is -4.88. The number of hydrogen-bond acceptors (Lipinski definition) is 7. The zero-order chi connectivity index (χ0) is 33.4. The van der Waals surface area contributed by atoms with Crippen molar-refractivity contribution in [3.63, 3.8) is 0 Å². The standard InChI is InChI=1S/C35H36ClN5O5/c1-22-11-12-23(18-37-22)13-14-25-20-41(33(44)46-35(5,6)7)31-29(25)30(36)27(19-38-31)24-9-8-10-26(17-24)40-16-15-39(21-28(40)42)32(43)45-34(2,3)4/h8-12,17-20H,15-16,21H2,1-7H3. The predicted octanol–water partition coefficient (Wildman–Crippen LogP) is 6.83. The van der Waals surface area contributed by atoms with Crippen LogP contribution in [0.15, 0.2) is 55.0 Å². The maximum Gasteiger partial charge on any atom is 0.420 e. The molecule has 1 fully saturated rings. The van der Waals surface area contributed by atoms with E-state index < -0.39 is 23.4 Å². The lowest BCUT2D eigenvalue weighted by Crippen LogP contribution is -2.53. The van der Waals surface area contributed by atoms with Crippen molar-refractivity contribution in [2.24, 2.45) is 0 Å². The number of rotatable bonds is 2. The first-order valence-electron chi connectivity index (χ1n) is 14.9. The second kappa shape index (κ2) is 12.5. The number of aryl methyl sites for hydroxylation is 1. The molecular weight excluding hydrogens is 606 g/mol. The molecule has 1 aromatic carbocycles. The highest BCUT2D eigenvalue weighted by Gasteiger charge is 2.31. The zero-order valence-corrected chi connectivity index (χ0v) is 27.7. The molecule has 0 unspecified atom stereocenters. The van der Waals surface area contributed by atoms with E-state index in [0.717, 1.165) is 5.69 Å². The van der Waals surface area contributed by atoms with Crippen LogP contribution in [0.25, 0.3) is 22.2 Å². The average Bonchev–Trinajstić information content (AvgIpc) is 3.35. The fraction of sp³-hybridized carbons (Fsp3) is 0.343. The Kier molecular flexibility index (Phi) is 8.83. The Balaban J connectivity index is 1.51. The van der Waals surface area contributed by atoms with E-state index in [4.69, 9.17) is 21.1 Å². The summed E-state index contributed by atoms with van der Waals surface area (Å²) in [6, 6.07) is 11.1. The SMILES string of the molecule is Cc1ccc(C#Cc2cn(C(=O)OC(C)(C)C)c3ncc(-c4cccc(N5CCN(C(=O)OC(C)(C)C)CC5=O)c4)c(Cl)c23)cn1. The highest BCUT2D eigenvalue weighted by atomic mass is 35.5. The monoisotopic (exact) mass is 641 g/mol. The Labute approximate surface area is 273 Å². The molecule has 11 heteroatoms. The molecule has 238 valence electrons. The molecule has 0 N–H and O–H groups in total. The third kappa shape index (κ3) is 7.32. The summed E-state index contributed by atoms with van der Waals surface area (Å²) in [7, 11) is 0. The summed E-state index contributed by atoms with van der Waals surface area (Å²) in [5, 5.41) is 0.835. The molecule has 1 saturated heterocycles. The highest BCUT2D eigenvalue weighted by Crippen LogP contribution is 2.37. The summed E-state index contributed by atoms with van der Waals surface area (Å²) in [6.45, 7) is 13.2. The van der Waals surface area contributed by atoms with Gasteiger partial charge in [-0.1, -0.05) is 35.6 Å². The van der Waals surface area contributed by atoms with Crippen molar-refractivity contribution in [3.8, 4) is 23.0 Å². The smallest absolute Gasteiger partial charge is 0.420 e. The van der Waals surface area contributed by atoms with Gasteiger partial charge in [0.15, 0.2) is 5.65 Å². The van der Waals surface area contributed by atoms with E-state index in [9.17, 15) is 14.4 Å². The lowest BCUT2D eigenvalue weighted by Gasteiger charge is -2.35. The molecule has 0 radical (unpaired) electrons. The predicted molar refractivity (Wildman–Crippen MR) is 177 cm³/mol. The normalized spacial score (nSPS) is 13.8. The summed E-state index contributed by atoms with van der Waals surface area (Å²) in [6.07, 6.45) is 3.73. The van der Waals surface area contributed by atoms with E-state index in [0.29, 0.717) is 57.1 Å². The molecule has 1 aliphatic heterocycles. The van der Waals surface area contributed by atoms with Crippen LogP contribution in [-0.2, 0) is 14.3 Å². The van der Waals surface area contributed by atoms with Gasteiger partial charge in [-0.2, -0.15) is 0 Å². The number of hydrogen-bond donors (Lipinski definition) is 0. The number of fused-ring (bicyclic) bond motifs is 1. The minimum Gasteiger partial charge on any atom is -0.444 e. The molecule has 46 heavy (non-hydrogen) atoms. The lowest BCUT2D eigenvalue weighted by molar-refractivity contribution is -0.121. The van der Waals surface area contributed by atoms with Crippen LogP contribution in [0.4, 0.5) is 15.3 Å². The maximum atomic E-state index is 13.2. The highest BCUT2D eigenvalue weighted by molar-refractivity contribution is 6.38. The summed E-state index contributed by atoms with van der Waals surface area (Å²) >= 11 is 7.08. The third-order valence-corrected chi connectivity index (χ3v) is 7.33. The molecule has 2 amide bonds. The van der Waals surface area contributed by atoms with Gasteiger partial charge >= 0.3 is 12.2 Å². The molecule has 1 aliphatic rings. The van der Waals surface area contributed by atoms with Gasteiger partial charge in [-0.15, -0.1) is 0 Å². The topological polar surface area (TPSA) is 107 Å². The number of pyridine rings is 2. The second-order valence-corrected chi connectivity index (χ2v) is 13.4. The molecule has 5 rings (SSSR count). The number of amides is 2. The fourth-order valence-electron chi connectivity index (χ4n) is 4.85. The van der Waals surface area contributed by atoms with Gasteiger partial charge in [-0.3, -0.25) is 14.7 Å². The van der Waals surface area contributed by atoms with E-state index in [1.807, 2.05) is 43.3 Å². The van der Waals surface area contributed by atoms with Crippen LogP contribution in [-0.4, -0.2) is 68.4 Å². The molecule has 10 nitrogen and oxygen atoms in total. The lowest BCUT2D eigenvalue weighted by atomic mass is 10.0. The van der Waals surface area contributed by atoms with Crippen LogP contribution in [0, 0.1) is 18.8 Å². The van der Waals surface area contributed by atoms with Crippen molar-refractivity contribution >= 4 is 46.4 Å². The number of piperazine rings is 1. The fourth-order valence-corrected chi connectivity index (χ4v) is 5.20. The van der Waals surface area contributed by atoms with Crippen LogP contribution < -0.4 is 4.90 Å². The number of carbonyl (C=O) groups excluding carboxylic acids is 3. The summed E-state index contributed by atoms with van der Waals surface area (Å²) < 4.78 is 12.4. The summed E-state index contributed by atoms with van der Waals surface area (Å²) in [4.78, 5) is 50.8. The number of carbonyl (C=O) groups is 3. The van der Waals surface area contributed by atoms with E-state index in [-0.39, 0.29) is 12.5 Å². The largest absolute Gasteiger partial charge is 0.444 e. The minimum absolute atomic E-state index is 0.0931. The molecule has 4 aromatic rings. The summed E-state index contributed by atoms with van der Waals surface area (Å²) in [5.41, 5.74) is 2.95. The first kappa shape index (κ1) is 32.5. The van der Waals surface area contributed by atoms with Gasteiger partial charge in [-0.25, -0.2) is 19.1 Å². The first-order chi connectivity index (χ1) is 21.6. The van der Waals surface area contributed by atoms with Gasteiger partial charge < -0.3 is 14.4 Å². The van der Waals surface area contributed by atoms with Gasteiger partial charge in [0, 0.05) is 54.2 Å². The van der Waals surface area contributed by atoms with Crippen molar-refractivity contribution in [3.05, 3.63) is 76.8 Å². The quantitative estimate of drug-likeness (QED) is 0.221. The maximum absolute atomic E-state index is 13.2. The number of benzene rings is 1. The Morgan fingerprint density at radius 3 is 2.28 bits per heavy atom. The Morgan fingerprint density at radius 2 is 1.63 bits per heavy atom. The van der Waals surface area contributed by atoms with Gasteiger partial charge in [0.1, 0.15) is 17.7 Å². The first-order valence-corrected chi connectivity index (χ1v) is 15.2. The molecule has 3 aromatic heterocycles. The average molecular weight is 642 g/mol. The van der Waals surface area contributed by atoms with Gasteiger partial charge in [-0.05, 0) is 78.3 Å². The number of anilines is 1. The third-order valence-electron chi connectivity index (χ3n) is 6.94. The van der Waals surface area contributed by atoms with E-state index >= 15 is 0 Å². The molecule has 4 heterocycles. The van der Waals surface area contributed by atoms with Crippen molar-refractivity contribution in [2.75, 3.05) is 24.5 Å².